The highest BCUT2D eigenvalue weighted by molar-refractivity contribution is 5.82. The molecule has 1 saturated carbocycles. The van der Waals surface area contributed by atoms with E-state index in [1.165, 1.54) is 0 Å². The van der Waals surface area contributed by atoms with E-state index < -0.39 is 6.04 Å². The fourth-order valence-electron chi connectivity index (χ4n) is 2.29. The Bertz CT molecular complexity index is 371. The molecule has 3 N–H and O–H groups in total. The van der Waals surface area contributed by atoms with Crippen LogP contribution in [0.15, 0.2) is 30.3 Å². The van der Waals surface area contributed by atoms with E-state index in [2.05, 4.69) is 12.2 Å². The third kappa shape index (κ3) is 3.30. The normalized spacial score (nSPS) is 24.8. The number of carbonyl (C=O) groups is 1. The second kappa shape index (κ2) is 5.32. The van der Waals surface area contributed by atoms with Crippen molar-refractivity contribution in [2.24, 2.45) is 11.7 Å². The van der Waals surface area contributed by atoms with Crippen molar-refractivity contribution < 1.29 is 4.79 Å². The van der Waals surface area contributed by atoms with Gasteiger partial charge >= 0.3 is 0 Å². The van der Waals surface area contributed by atoms with Crippen molar-refractivity contribution in [3.63, 3.8) is 0 Å². The van der Waals surface area contributed by atoms with Crippen LogP contribution in [0, 0.1) is 5.92 Å². The zero-order valence-electron chi connectivity index (χ0n) is 10.2. The summed E-state index contributed by atoms with van der Waals surface area (Å²) in [6.07, 6.45) is 2.78. The first-order valence-corrected chi connectivity index (χ1v) is 6.25. The number of hydrogen-bond acceptors (Lipinski definition) is 2. The van der Waals surface area contributed by atoms with Crippen LogP contribution >= 0.6 is 0 Å². The van der Waals surface area contributed by atoms with Crippen molar-refractivity contribution in [2.75, 3.05) is 0 Å². The lowest BCUT2D eigenvalue weighted by Gasteiger charge is -2.34. The summed E-state index contributed by atoms with van der Waals surface area (Å²) in [6.45, 7) is 2.20. The van der Waals surface area contributed by atoms with Gasteiger partial charge in [-0.25, -0.2) is 0 Å². The monoisotopic (exact) mass is 232 g/mol. The second-order valence-electron chi connectivity index (χ2n) is 5.08. The first kappa shape index (κ1) is 12.1. The Morgan fingerprint density at radius 2 is 2.06 bits per heavy atom. The fraction of sp³-hybridized carbons (Fsp3) is 0.500. The van der Waals surface area contributed by atoms with Crippen molar-refractivity contribution in [1.82, 2.24) is 5.32 Å². The molecular formula is C14H20N2O. The molecule has 3 nitrogen and oxygen atoms in total. The minimum absolute atomic E-state index is 0.0225. The summed E-state index contributed by atoms with van der Waals surface area (Å²) in [7, 11) is 0. The van der Waals surface area contributed by atoms with E-state index in [4.69, 9.17) is 5.73 Å². The van der Waals surface area contributed by atoms with Crippen molar-refractivity contribution >= 4 is 5.91 Å². The molecule has 17 heavy (non-hydrogen) atoms. The van der Waals surface area contributed by atoms with Crippen LogP contribution in [-0.2, 0) is 11.2 Å². The van der Waals surface area contributed by atoms with Gasteiger partial charge in [0.25, 0.3) is 0 Å². The molecule has 0 heterocycles. The Morgan fingerprint density at radius 1 is 1.41 bits per heavy atom. The summed E-state index contributed by atoms with van der Waals surface area (Å²) in [4.78, 5) is 11.8. The lowest BCUT2D eigenvalue weighted by Crippen LogP contribution is -2.50. The fourth-order valence-corrected chi connectivity index (χ4v) is 2.29. The average molecular weight is 232 g/mol. The number of amides is 1. The Morgan fingerprint density at radius 3 is 2.65 bits per heavy atom. The summed E-state index contributed by atoms with van der Waals surface area (Å²) in [5, 5.41) is 3.00. The predicted octanol–water partition coefficient (Wildman–Crippen LogP) is 1.47. The summed E-state index contributed by atoms with van der Waals surface area (Å²) < 4.78 is 0. The zero-order valence-corrected chi connectivity index (χ0v) is 10.2. The largest absolute Gasteiger partial charge is 0.352 e. The number of hydrogen-bond donors (Lipinski definition) is 2. The molecule has 1 aliphatic carbocycles. The Labute approximate surface area is 102 Å². The topological polar surface area (TPSA) is 55.1 Å². The van der Waals surface area contributed by atoms with Crippen LogP contribution in [0.1, 0.15) is 25.3 Å². The van der Waals surface area contributed by atoms with E-state index in [9.17, 15) is 4.79 Å². The quantitative estimate of drug-likeness (QED) is 0.826. The molecule has 1 aliphatic rings. The van der Waals surface area contributed by atoms with Gasteiger partial charge in [-0.1, -0.05) is 37.3 Å². The van der Waals surface area contributed by atoms with Crippen LogP contribution < -0.4 is 11.1 Å². The number of nitrogens with one attached hydrogen (secondary N) is 1. The summed E-state index contributed by atoms with van der Waals surface area (Å²) in [5.74, 6) is 0.719. The van der Waals surface area contributed by atoms with Gasteiger partial charge in [0.1, 0.15) is 0 Å². The van der Waals surface area contributed by atoms with E-state index in [0.717, 1.165) is 24.3 Å². The molecule has 1 aromatic rings. The molecule has 0 radical (unpaired) electrons. The average Bonchev–Trinajstić information content (AvgIpc) is 2.28. The number of nitrogens with two attached hydrogens (primary N) is 1. The Hall–Kier alpha value is -1.35. The maximum absolute atomic E-state index is 11.8. The highest BCUT2D eigenvalue weighted by Gasteiger charge is 2.28. The minimum Gasteiger partial charge on any atom is -0.352 e. The molecule has 0 aliphatic heterocycles. The molecule has 1 fully saturated rings. The van der Waals surface area contributed by atoms with Crippen LogP contribution in [0.25, 0.3) is 0 Å². The molecule has 1 amide bonds. The zero-order chi connectivity index (χ0) is 12.3. The summed E-state index contributed by atoms with van der Waals surface area (Å²) >= 11 is 0. The first-order valence-electron chi connectivity index (χ1n) is 6.25. The molecule has 0 saturated heterocycles. The van der Waals surface area contributed by atoms with Gasteiger partial charge < -0.3 is 11.1 Å². The predicted molar refractivity (Wildman–Crippen MR) is 68.5 cm³/mol. The van der Waals surface area contributed by atoms with Gasteiger partial charge in [-0.2, -0.15) is 0 Å². The maximum Gasteiger partial charge on any atom is 0.237 e. The lowest BCUT2D eigenvalue weighted by molar-refractivity contribution is -0.123. The van der Waals surface area contributed by atoms with Gasteiger partial charge in [-0.15, -0.1) is 0 Å². The number of carbonyl (C=O) groups excluding carboxylic acids is 1. The van der Waals surface area contributed by atoms with Gasteiger partial charge in [0, 0.05) is 6.04 Å². The van der Waals surface area contributed by atoms with Gasteiger partial charge in [-0.05, 0) is 30.7 Å². The number of rotatable bonds is 4. The molecule has 3 heteroatoms. The van der Waals surface area contributed by atoms with Crippen molar-refractivity contribution in [1.29, 1.82) is 0 Å². The minimum atomic E-state index is -0.437. The highest BCUT2D eigenvalue weighted by Crippen LogP contribution is 2.26. The molecule has 2 rings (SSSR count). The molecule has 0 spiro atoms. The lowest BCUT2D eigenvalue weighted by atomic mass is 9.82. The van der Waals surface area contributed by atoms with Crippen molar-refractivity contribution in [3.8, 4) is 0 Å². The summed E-state index contributed by atoms with van der Waals surface area (Å²) in [5.41, 5.74) is 7.01. The third-order valence-corrected chi connectivity index (χ3v) is 3.36. The standard InChI is InChI=1S/C14H20N2O/c1-10-7-12(8-10)16-14(17)13(15)9-11-5-3-2-4-6-11/h2-6,10,12-13H,7-9,15H2,1H3,(H,16,17). The van der Waals surface area contributed by atoms with Crippen LogP contribution in [0.5, 0.6) is 0 Å². The Balaban J connectivity index is 1.79. The Kier molecular flexibility index (Phi) is 3.79. The van der Waals surface area contributed by atoms with Gasteiger partial charge in [0.15, 0.2) is 0 Å². The molecule has 92 valence electrons. The van der Waals surface area contributed by atoms with Crippen molar-refractivity contribution in [3.05, 3.63) is 35.9 Å². The third-order valence-electron chi connectivity index (χ3n) is 3.36. The van der Waals surface area contributed by atoms with Gasteiger partial charge in [0.05, 0.1) is 6.04 Å². The second-order valence-corrected chi connectivity index (χ2v) is 5.08. The van der Waals surface area contributed by atoms with E-state index in [1.807, 2.05) is 30.3 Å². The first-order chi connectivity index (χ1) is 8.15. The molecule has 0 aromatic heterocycles. The smallest absolute Gasteiger partial charge is 0.237 e. The highest BCUT2D eigenvalue weighted by atomic mass is 16.2. The number of benzene rings is 1. The van der Waals surface area contributed by atoms with E-state index in [-0.39, 0.29) is 5.91 Å². The molecule has 1 aromatic carbocycles. The van der Waals surface area contributed by atoms with E-state index >= 15 is 0 Å². The van der Waals surface area contributed by atoms with Gasteiger partial charge in [-0.3, -0.25) is 4.79 Å². The SMILES string of the molecule is CC1CC(NC(=O)C(N)Cc2ccccc2)C1. The molecule has 0 bridgehead atoms. The van der Waals surface area contributed by atoms with Gasteiger partial charge in [0.2, 0.25) is 5.91 Å². The summed E-state index contributed by atoms with van der Waals surface area (Å²) in [6, 6.07) is 9.80. The maximum atomic E-state index is 11.8. The molecule has 1 unspecified atom stereocenters. The molecule has 1 atom stereocenters. The molecular weight excluding hydrogens is 212 g/mol. The van der Waals surface area contributed by atoms with Crippen LogP contribution in [0.3, 0.4) is 0 Å². The van der Waals surface area contributed by atoms with Crippen LogP contribution in [0.4, 0.5) is 0 Å². The van der Waals surface area contributed by atoms with E-state index in [0.29, 0.717) is 12.5 Å². The van der Waals surface area contributed by atoms with E-state index in [1.54, 1.807) is 0 Å². The van der Waals surface area contributed by atoms with Crippen LogP contribution in [-0.4, -0.2) is 18.0 Å². The van der Waals surface area contributed by atoms with Crippen molar-refractivity contribution in [2.45, 2.75) is 38.3 Å². The van der Waals surface area contributed by atoms with Crippen LogP contribution in [0.2, 0.25) is 0 Å².